The van der Waals surface area contributed by atoms with Gasteiger partial charge in [0.2, 0.25) is 0 Å². The van der Waals surface area contributed by atoms with Crippen molar-refractivity contribution in [3.8, 4) is 22.6 Å². The second kappa shape index (κ2) is 11.6. The lowest BCUT2D eigenvalue weighted by Crippen LogP contribution is -2.34. The molecule has 7 nitrogen and oxygen atoms in total. The third-order valence-corrected chi connectivity index (χ3v) is 6.97. The standard InChI is InChI=1S/C24H23IN2O5S2/c1-5-32-23(29)20-19(14-10-11-17(30-3)18(12-14)31-4)13(2)34-22(20)27-24(33)26-21(28)15-8-6-7-9-16(15)25/h6-12H,5H2,1-4H3,(H2,26,27,28,33). The lowest BCUT2D eigenvalue weighted by Gasteiger charge is -2.13. The van der Waals surface area contributed by atoms with Crippen molar-refractivity contribution in [2.24, 2.45) is 0 Å². The van der Waals surface area contributed by atoms with Crippen LogP contribution in [0.25, 0.3) is 11.1 Å². The number of hydrogen-bond acceptors (Lipinski definition) is 7. The van der Waals surface area contributed by atoms with E-state index in [1.54, 1.807) is 45.4 Å². The Morgan fingerprint density at radius 3 is 2.44 bits per heavy atom. The molecule has 1 heterocycles. The number of ether oxygens (including phenoxy) is 3. The largest absolute Gasteiger partial charge is 0.493 e. The molecule has 0 aliphatic carbocycles. The van der Waals surface area contributed by atoms with Crippen LogP contribution in [0.3, 0.4) is 0 Å². The Hall–Kier alpha value is -2.70. The maximum Gasteiger partial charge on any atom is 0.341 e. The van der Waals surface area contributed by atoms with Crippen molar-refractivity contribution in [2.75, 3.05) is 26.1 Å². The molecule has 0 unspecified atom stereocenters. The Morgan fingerprint density at radius 2 is 1.79 bits per heavy atom. The van der Waals surface area contributed by atoms with Crippen LogP contribution >= 0.6 is 46.1 Å². The highest BCUT2D eigenvalue weighted by Crippen LogP contribution is 2.42. The van der Waals surface area contributed by atoms with E-state index in [4.69, 9.17) is 26.4 Å². The molecular formula is C24H23IN2O5S2. The van der Waals surface area contributed by atoms with Gasteiger partial charge in [-0.25, -0.2) is 4.79 Å². The number of anilines is 1. The van der Waals surface area contributed by atoms with E-state index in [-0.39, 0.29) is 17.6 Å². The number of esters is 1. The van der Waals surface area contributed by atoms with E-state index in [0.717, 1.165) is 14.0 Å². The van der Waals surface area contributed by atoms with Crippen LogP contribution in [0.4, 0.5) is 5.00 Å². The average Bonchev–Trinajstić information content (AvgIpc) is 3.14. The Bertz CT molecular complexity index is 1240. The van der Waals surface area contributed by atoms with Crippen LogP contribution < -0.4 is 20.1 Å². The van der Waals surface area contributed by atoms with Crippen LogP contribution in [0.1, 0.15) is 32.5 Å². The van der Waals surface area contributed by atoms with E-state index in [1.165, 1.54) is 11.3 Å². The molecule has 178 valence electrons. The zero-order valence-corrected chi connectivity index (χ0v) is 22.8. The third kappa shape index (κ3) is 5.68. The van der Waals surface area contributed by atoms with Gasteiger partial charge in [0.15, 0.2) is 16.6 Å². The molecule has 1 amide bonds. The van der Waals surface area contributed by atoms with E-state index < -0.39 is 5.97 Å². The van der Waals surface area contributed by atoms with Crippen LogP contribution in [-0.2, 0) is 4.74 Å². The number of methoxy groups -OCH3 is 2. The molecular weight excluding hydrogens is 587 g/mol. The Kier molecular flexibility index (Phi) is 8.86. The minimum atomic E-state index is -0.495. The second-order valence-electron chi connectivity index (χ2n) is 6.92. The molecule has 2 N–H and O–H groups in total. The molecule has 0 spiro atoms. The summed E-state index contributed by atoms with van der Waals surface area (Å²) in [5, 5.41) is 6.25. The highest BCUT2D eigenvalue weighted by atomic mass is 127. The van der Waals surface area contributed by atoms with Gasteiger partial charge >= 0.3 is 5.97 Å². The fourth-order valence-electron chi connectivity index (χ4n) is 3.32. The van der Waals surface area contributed by atoms with Gasteiger partial charge in [0.05, 0.1) is 26.4 Å². The molecule has 3 rings (SSSR count). The summed E-state index contributed by atoms with van der Waals surface area (Å²) in [7, 11) is 3.11. The Labute approximate surface area is 220 Å². The Balaban J connectivity index is 1.97. The first-order valence-electron chi connectivity index (χ1n) is 10.2. The van der Waals surface area contributed by atoms with Gasteiger partial charge in [-0.15, -0.1) is 11.3 Å². The number of halogens is 1. The van der Waals surface area contributed by atoms with Crippen molar-refractivity contribution in [1.82, 2.24) is 5.32 Å². The number of thiophene rings is 1. The molecule has 0 saturated heterocycles. The molecule has 0 radical (unpaired) electrons. The van der Waals surface area contributed by atoms with Crippen molar-refractivity contribution in [1.29, 1.82) is 0 Å². The number of thiocarbonyl (C=S) groups is 1. The molecule has 3 aromatic rings. The number of hydrogen-bond donors (Lipinski definition) is 2. The zero-order chi connectivity index (χ0) is 24.8. The fraction of sp³-hybridized carbons (Fsp3) is 0.208. The van der Waals surface area contributed by atoms with Crippen LogP contribution in [0.2, 0.25) is 0 Å². The maximum absolute atomic E-state index is 13.0. The summed E-state index contributed by atoms with van der Waals surface area (Å²) in [6.45, 7) is 3.86. The summed E-state index contributed by atoms with van der Waals surface area (Å²) in [5.74, 6) is 0.282. The highest BCUT2D eigenvalue weighted by Gasteiger charge is 2.26. The first-order valence-corrected chi connectivity index (χ1v) is 12.5. The molecule has 10 heteroatoms. The summed E-state index contributed by atoms with van der Waals surface area (Å²) in [6, 6.07) is 12.6. The Morgan fingerprint density at radius 1 is 1.09 bits per heavy atom. The second-order valence-corrected chi connectivity index (χ2v) is 9.71. The quantitative estimate of drug-likeness (QED) is 0.203. The number of rotatable bonds is 7. The zero-order valence-electron chi connectivity index (χ0n) is 19.0. The summed E-state index contributed by atoms with van der Waals surface area (Å²) in [5.41, 5.74) is 2.30. The number of amides is 1. The predicted molar refractivity (Wildman–Crippen MR) is 146 cm³/mol. The van der Waals surface area contributed by atoms with Crippen molar-refractivity contribution < 1.29 is 23.8 Å². The van der Waals surface area contributed by atoms with Gasteiger partial charge in [-0.1, -0.05) is 18.2 Å². The van der Waals surface area contributed by atoms with Crippen molar-refractivity contribution >= 4 is 68.1 Å². The van der Waals surface area contributed by atoms with Crippen molar-refractivity contribution in [3.63, 3.8) is 0 Å². The van der Waals surface area contributed by atoms with Crippen LogP contribution in [0.15, 0.2) is 42.5 Å². The number of carbonyl (C=O) groups excluding carboxylic acids is 2. The summed E-state index contributed by atoms with van der Waals surface area (Å²) in [6.07, 6.45) is 0. The fourth-order valence-corrected chi connectivity index (χ4v) is 5.28. The van der Waals surface area contributed by atoms with Gasteiger partial charge in [-0.05, 0) is 78.5 Å². The highest BCUT2D eigenvalue weighted by molar-refractivity contribution is 14.1. The molecule has 1 aromatic heterocycles. The van der Waals surface area contributed by atoms with Gasteiger partial charge in [-0.2, -0.15) is 0 Å². The minimum absolute atomic E-state index is 0.0790. The lowest BCUT2D eigenvalue weighted by atomic mass is 10.0. The number of aryl methyl sites for hydroxylation is 1. The van der Waals surface area contributed by atoms with Crippen LogP contribution in [-0.4, -0.2) is 37.8 Å². The molecule has 0 fully saturated rings. The molecule has 0 saturated carbocycles. The summed E-state index contributed by atoms with van der Waals surface area (Å²) in [4.78, 5) is 26.5. The minimum Gasteiger partial charge on any atom is -0.493 e. The molecule has 34 heavy (non-hydrogen) atoms. The van der Waals surface area contributed by atoms with E-state index in [0.29, 0.717) is 33.2 Å². The van der Waals surface area contributed by atoms with E-state index >= 15 is 0 Å². The van der Waals surface area contributed by atoms with E-state index in [2.05, 4.69) is 33.2 Å². The number of carbonyl (C=O) groups is 2. The predicted octanol–water partition coefficient (Wildman–Crippen LogP) is 5.65. The molecule has 0 aliphatic heterocycles. The maximum atomic E-state index is 13.0. The topological polar surface area (TPSA) is 85.9 Å². The van der Waals surface area contributed by atoms with Crippen molar-refractivity contribution in [3.05, 3.63) is 62.0 Å². The van der Waals surface area contributed by atoms with Gasteiger partial charge in [-0.3, -0.25) is 10.1 Å². The first kappa shape index (κ1) is 25.9. The van der Waals surface area contributed by atoms with E-state index in [1.807, 2.05) is 25.1 Å². The first-order chi connectivity index (χ1) is 16.3. The van der Waals surface area contributed by atoms with Crippen LogP contribution in [0.5, 0.6) is 11.5 Å². The number of benzene rings is 2. The molecule has 0 atom stereocenters. The third-order valence-electron chi connectivity index (χ3n) is 4.81. The van der Waals surface area contributed by atoms with Gasteiger partial charge in [0.25, 0.3) is 5.91 Å². The van der Waals surface area contributed by atoms with Gasteiger partial charge in [0.1, 0.15) is 10.6 Å². The average molecular weight is 610 g/mol. The normalized spacial score (nSPS) is 10.4. The molecule has 0 aliphatic rings. The monoisotopic (exact) mass is 610 g/mol. The molecule has 0 bridgehead atoms. The lowest BCUT2D eigenvalue weighted by molar-refractivity contribution is 0.0529. The van der Waals surface area contributed by atoms with Gasteiger partial charge < -0.3 is 19.5 Å². The van der Waals surface area contributed by atoms with Crippen LogP contribution in [0, 0.1) is 10.5 Å². The number of nitrogens with one attached hydrogen (secondary N) is 2. The smallest absolute Gasteiger partial charge is 0.341 e. The molecule has 2 aromatic carbocycles. The SMILES string of the molecule is CCOC(=O)c1c(NC(=S)NC(=O)c2ccccc2I)sc(C)c1-c1ccc(OC)c(OC)c1. The summed E-state index contributed by atoms with van der Waals surface area (Å²) < 4.78 is 16.9. The van der Waals surface area contributed by atoms with E-state index in [9.17, 15) is 9.59 Å². The van der Waals surface area contributed by atoms with Gasteiger partial charge in [0, 0.05) is 14.0 Å². The van der Waals surface area contributed by atoms with Crippen molar-refractivity contribution in [2.45, 2.75) is 13.8 Å². The summed E-state index contributed by atoms with van der Waals surface area (Å²) >= 11 is 8.82.